The number of ether oxygens (including phenoxy) is 1. The third-order valence-corrected chi connectivity index (χ3v) is 7.10. The Balaban J connectivity index is 1.80. The highest BCUT2D eigenvalue weighted by molar-refractivity contribution is 7.89. The molecule has 1 aromatic carbocycles. The maximum absolute atomic E-state index is 13.0. The minimum atomic E-state index is -3.63. The monoisotopic (exact) mass is 406 g/mol. The van der Waals surface area contributed by atoms with Crippen molar-refractivity contribution in [2.45, 2.75) is 32.1 Å². The van der Waals surface area contributed by atoms with Gasteiger partial charge in [0, 0.05) is 37.1 Å². The number of amides is 1. The van der Waals surface area contributed by atoms with E-state index in [0.29, 0.717) is 37.6 Å². The summed E-state index contributed by atoms with van der Waals surface area (Å²) < 4.78 is 34.4. The van der Waals surface area contributed by atoms with E-state index in [1.807, 2.05) is 20.9 Å². The van der Waals surface area contributed by atoms with Crippen LogP contribution in [0.3, 0.4) is 0 Å². The molecule has 152 valence electrons. The molecule has 2 aromatic rings. The molecule has 0 aliphatic carbocycles. The Morgan fingerprint density at radius 1 is 1.21 bits per heavy atom. The number of nitrogens with one attached hydrogen (secondary N) is 1. The number of hydrogen-bond acceptors (Lipinski definition) is 5. The molecule has 0 spiro atoms. The molecule has 9 heteroatoms. The van der Waals surface area contributed by atoms with Crippen molar-refractivity contribution in [2.24, 2.45) is 7.05 Å². The quantitative estimate of drug-likeness (QED) is 0.813. The van der Waals surface area contributed by atoms with Crippen LogP contribution >= 0.6 is 0 Å². The second-order valence-electron chi connectivity index (χ2n) is 6.99. The van der Waals surface area contributed by atoms with Gasteiger partial charge in [-0.25, -0.2) is 8.42 Å². The summed E-state index contributed by atoms with van der Waals surface area (Å²) in [6, 6.07) is 4.96. The van der Waals surface area contributed by atoms with Crippen molar-refractivity contribution in [3.8, 4) is 0 Å². The van der Waals surface area contributed by atoms with Crippen LogP contribution in [0.4, 0.5) is 5.69 Å². The fraction of sp³-hybridized carbons (Fsp3) is 0.474. The van der Waals surface area contributed by atoms with Gasteiger partial charge in [-0.05, 0) is 38.5 Å². The van der Waals surface area contributed by atoms with Crippen molar-refractivity contribution in [3.05, 3.63) is 40.7 Å². The molecule has 2 heterocycles. The van der Waals surface area contributed by atoms with Gasteiger partial charge in [-0.15, -0.1) is 0 Å². The number of carbonyl (C=O) groups excluding carboxylic acids is 1. The standard InChI is InChI=1S/C19H26N4O4S/c1-13-5-6-16(11-18(13)28(25,26)23-7-9-27-10-8-23)20-19(24)12-17-14(2)21-22(4)15(17)3/h5-6,11H,7-10,12H2,1-4H3,(H,20,24). The van der Waals surface area contributed by atoms with Crippen LogP contribution < -0.4 is 5.32 Å². The van der Waals surface area contributed by atoms with E-state index in [4.69, 9.17) is 4.74 Å². The summed E-state index contributed by atoms with van der Waals surface area (Å²) in [4.78, 5) is 12.7. The van der Waals surface area contributed by atoms with Crippen molar-refractivity contribution in [1.82, 2.24) is 14.1 Å². The topological polar surface area (TPSA) is 93.5 Å². The van der Waals surface area contributed by atoms with Crippen LogP contribution in [-0.2, 0) is 33.0 Å². The van der Waals surface area contributed by atoms with Gasteiger partial charge in [0.1, 0.15) is 0 Å². The number of hydrogen-bond donors (Lipinski definition) is 1. The zero-order chi connectivity index (χ0) is 20.5. The fourth-order valence-corrected chi connectivity index (χ4v) is 4.98. The van der Waals surface area contributed by atoms with Gasteiger partial charge >= 0.3 is 0 Å². The predicted molar refractivity (Wildman–Crippen MR) is 106 cm³/mol. The zero-order valence-electron chi connectivity index (χ0n) is 16.7. The van der Waals surface area contributed by atoms with E-state index in [-0.39, 0.29) is 17.2 Å². The maximum atomic E-state index is 13.0. The molecule has 28 heavy (non-hydrogen) atoms. The number of nitrogens with zero attached hydrogens (tertiary/aromatic N) is 3. The van der Waals surface area contributed by atoms with Gasteiger partial charge in [0.2, 0.25) is 15.9 Å². The first-order valence-corrected chi connectivity index (χ1v) is 10.6. The van der Waals surface area contributed by atoms with Crippen molar-refractivity contribution < 1.29 is 17.9 Å². The van der Waals surface area contributed by atoms with E-state index in [9.17, 15) is 13.2 Å². The number of carbonyl (C=O) groups is 1. The average molecular weight is 407 g/mol. The van der Waals surface area contributed by atoms with Gasteiger partial charge < -0.3 is 10.1 Å². The molecular formula is C19H26N4O4S. The van der Waals surface area contributed by atoms with Crippen LogP contribution in [0.2, 0.25) is 0 Å². The van der Waals surface area contributed by atoms with Crippen LogP contribution in [0.1, 0.15) is 22.5 Å². The zero-order valence-corrected chi connectivity index (χ0v) is 17.5. The van der Waals surface area contributed by atoms with Gasteiger partial charge in [-0.1, -0.05) is 6.07 Å². The number of aryl methyl sites for hydroxylation is 3. The largest absolute Gasteiger partial charge is 0.379 e. The lowest BCUT2D eigenvalue weighted by Crippen LogP contribution is -2.40. The lowest BCUT2D eigenvalue weighted by Gasteiger charge is -2.26. The van der Waals surface area contributed by atoms with E-state index in [2.05, 4.69) is 10.4 Å². The molecule has 0 atom stereocenters. The molecule has 1 aliphatic rings. The van der Waals surface area contributed by atoms with E-state index in [1.54, 1.807) is 23.7 Å². The molecule has 0 bridgehead atoms. The molecule has 8 nitrogen and oxygen atoms in total. The second-order valence-corrected chi connectivity index (χ2v) is 8.90. The van der Waals surface area contributed by atoms with Gasteiger partial charge in [0.25, 0.3) is 0 Å². The molecule has 0 unspecified atom stereocenters. The third kappa shape index (κ3) is 4.11. The summed E-state index contributed by atoms with van der Waals surface area (Å²) >= 11 is 0. The molecule has 1 saturated heterocycles. The molecule has 0 saturated carbocycles. The van der Waals surface area contributed by atoms with E-state index >= 15 is 0 Å². The van der Waals surface area contributed by atoms with E-state index in [0.717, 1.165) is 17.0 Å². The molecule has 1 fully saturated rings. The van der Waals surface area contributed by atoms with Gasteiger partial charge in [0.15, 0.2) is 0 Å². The van der Waals surface area contributed by atoms with Crippen molar-refractivity contribution >= 4 is 21.6 Å². The SMILES string of the molecule is Cc1ccc(NC(=O)Cc2c(C)nn(C)c2C)cc1S(=O)(=O)N1CCOCC1. The summed E-state index contributed by atoms with van der Waals surface area (Å²) in [5.41, 5.74) is 3.74. The number of anilines is 1. The Morgan fingerprint density at radius 3 is 2.50 bits per heavy atom. The maximum Gasteiger partial charge on any atom is 0.243 e. The Labute approximate surface area is 165 Å². The van der Waals surface area contributed by atoms with Gasteiger partial charge in [-0.2, -0.15) is 9.40 Å². The Kier molecular flexibility index (Phi) is 5.87. The Hall–Kier alpha value is -2.23. The average Bonchev–Trinajstić information content (AvgIpc) is 2.90. The van der Waals surface area contributed by atoms with Crippen LogP contribution in [0.5, 0.6) is 0 Å². The summed E-state index contributed by atoms with van der Waals surface area (Å²) in [6.07, 6.45) is 0.185. The fourth-order valence-electron chi connectivity index (χ4n) is 3.32. The third-order valence-electron chi connectivity index (χ3n) is 5.06. The van der Waals surface area contributed by atoms with Gasteiger partial charge in [-0.3, -0.25) is 9.48 Å². The van der Waals surface area contributed by atoms with E-state index in [1.165, 1.54) is 10.4 Å². The normalized spacial score (nSPS) is 15.6. The summed E-state index contributed by atoms with van der Waals surface area (Å²) in [5.74, 6) is -0.210. The molecule has 1 aromatic heterocycles. The summed E-state index contributed by atoms with van der Waals surface area (Å²) in [7, 11) is -1.79. The molecule has 1 aliphatic heterocycles. The highest BCUT2D eigenvalue weighted by Gasteiger charge is 2.28. The van der Waals surface area contributed by atoms with Crippen molar-refractivity contribution in [3.63, 3.8) is 0 Å². The molecular weight excluding hydrogens is 380 g/mol. The lowest BCUT2D eigenvalue weighted by molar-refractivity contribution is -0.115. The van der Waals surface area contributed by atoms with Crippen LogP contribution in [0, 0.1) is 20.8 Å². The van der Waals surface area contributed by atoms with Crippen molar-refractivity contribution in [2.75, 3.05) is 31.6 Å². The number of rotatable bonds is 5. The van der Waals surface area contributed by atoms with Crippen LogP contribution in [0.25, 0.3) is 0 Å². The number of aromatic nitrogens is 2. The smallest absolute Gasteiger partial charge is 0.243 e. The highest BCUT2D eigenvalue weighted by Crippen LogP contribution is 2.24. The first-order valence-electron chi connectivity index (χ1n) is 9.17. The number of morpholine rings is 1. The minimum absolute atomic E-state index is 0.185. The second kappa shape index (κ2) is 8.02. The van der Waals surface area contributed by atoms with E-state index < -0.39 is 10.0 Å². The van der Waals surface area contributed by atoms with Crippen LogP contribution in [0.15, 0.2) is 23.1 Å². The molecule has 0 radical (unpaired) electrons. The summed E-state index contributed by atoms with van der Waals surface area (Å²) in [5, 5.41) is 7.14. The van der Waals surface area contributed by atoms with Crippen molar-refractivity contribution in [1.29, 1.82) is 0 Å². The first-order chi connectivity index (χ1) is 13.2. The molecule has 1 N–H and O–H groups in total. The first kappa shape index (κ1) is 20.5. The van der Waals surface area contributed by atoms with Gasteiger partial charge in [0.05, 0.1) is 30.2 Å². The predicted octanol–water partition coefficient (Wildman–Crippen LogP) is 1.55. The number of benzene rings is 1. The lowest BCUT2D eigenvalue weighted by atomic mass is 10.1. The Bertz CT molecular complexity index is 992. The minimum Gasteiger partial charge on any atom is -0.379 e. The highest BCUT2D eigenvalue weighted by atomic mass is 32.2. The number of sulfonamides is 1. The van der Waals surface area contributed by atoms with Crippen LogP contribution in [-0.4, -0.2) is 54.7 Å². The summed E-state index contributed by atoms with van der Waals surface area (Å²) in [6.45, 7) is 6.98. The molecule has 3 rings (SSSR count). The molecule has 1 amide bonds. The Morgan fingerprint density at radius 2 is 1.89 bits per heavy atom.